The van der Waals surface area contributed by atoms with Crippen LogP contribution in [0.2, 0.25) is 0 Å². The van der Waals surface area contributed by atoms with E-state index in [0.29, 0.717) is 19.0 Å². The number of aromatic nitrogens is 3. The van der Waals surface area contributed by atoms with E-state index in [1.807, 2.05) is 29.2 Å². The van der Waals surface area contributed by atoms with E-state index in [1.54, 1.807) is 11.3 Å². The van der Waals surface area contributed by atoms with Crippen LogP contribution in [0.4, 0.5) is 0 Å². The zero-order valence-corrected chi connectivity index (χ0v) is 14.9. The van der Waals surface area contributed by atoms with Crippen molar-refractivity contribution in [3.05, 3.63) is 46.9 Å². The van der Waals surface area contributed by atoms with Crippen LogP contribution in [0.3, 0.4) is 0 Å². The molecule has 3 aromatic rings. The van der Waals surface area contributed by atoms with Crippen molar-refractivity contribution in [2.45, 2.75) is 39.3 Å². The number of hydrogen-bond donors (Lipinski definition) is 0. The van der Waals surface area contributed by atoms with Crippen molar-refractivity contribution >= 4 is 27.3 Å². The van der Waals surface area contributed by atoms with Crippen molar-refractivity contribution in [2.75, 3.05) is 6.54 Å². The fourth-order valence-electron chi connectivity index (χ4n) is 3.35. The smallest absolute Gasteiger partial charge is 0.264 e. The molecule has 0 fully saturated rings. The van der Waals surface area contributed by atoms with Crippen LogP contribution < -0.4 is 0 Å². The molecular weight excluding hydrogens is 320 g/mol. The molecule has 1 aliphatic rings. The summed E-state index contributed by atoms with van der Waals surface area (Å²) in [5.41, 5.74) is 0. The second kappa shape index (κ2) is 5.70. The largest absolute Gasteiger partial charge is 0.328 e. The predicted molar refractivity (Wildman–Crippen MR) is 95.4 cm³/mol. The van der Waals surface area contributed by atoms with Crippen LogP contribution in [0, 0.1) is 0 Å². The molecule has 0 N–H and O–H groups in total. The lowest BCUT2D eigenvalue weighted by Crippen LogP contribution is -2.40. The number of fused-ring (bicyclic) bond motifs is 2. The molecule has 4 rings (SSSR count). The van der Waals surface area contributed by atoms with Crippen molar-refractivity contribution in [2.24, 2.45) is 0 Å². The molecule has 0 aliphatic carbocycles. The van der Waals surface area contributed by atoms with Crippen LogP contribution in [0.25, 0.3) is 10.1 Å². The summed E-state index contributed by atoms with van der Waals surface area (Å²) in [7, 11) is 0. The van der Waals surface area contributed by atoms with E-state index >= 15 is 0 Å². The molecule has 1 aliphatic heterocycles. The Kier molecular flexibility index (Phi) is 3.64. The monoisotopic (exact) mass is 340 g/mol. The van der Waals surface area contributed by atoms with Gasteiger partial charge in [-0.05, 0) is 24.4 Å². The minimum atomic E-state index is 0.0865. The first-order chi connectivity index (χ1) is 11.5. The average Bonchev–Trinajstić information content (AvgIpc) is 3.18. The van der Waals surface area contributed by atoms with Gasteiger partial charge >= 0.3 is 0 Å². The Morgan fingerprint density at radius 3 is 2.83 bits per heavy atom. The first kappa shape index (κ1) is 15.3. The van der Waals surface area contributed by atoms with E-state index in [1.165, 1.54) is 0 Å². The molecule has 0 radical (unpaired) electrons. The maximum absolute atomic E-state index is 12.9. The first-order valence-corrected chi connectivity index (χ1v) is 9.07. The van der Waals surface area contributed by atoms with E-state index < -0.39 is 0 Å². The Morgan fingerprint density at radius 2 is 2.08 bits per heavy atom. The molecule has 0 spiro atoms. The number of thiophene rings is 1. The van der Waals surface area contributed by atoms with Gasteiger partial charge in [0.2, 0.25) is 0 Å². The molecule has 2 aromatic heterocycles. The Balaban J connectivity index is 1.64. The fraction of sp³-hybridized carbons (Fsp3) is 0.389. The molecule has 0 saturated heterocycles. The second-order valence-corrected chi connectivity index (χ2v) is 7.77. The third-order valence-corrected chi connectivity index (χ3v) is 5.59. The number of carbonyl (C=O) groups is 1. The highest BCUT2D eigenvalue weighted by Crippen LogP contribution is 2.30. The maximum Gasteiger partial charge on any atom is 0.264 e. The van der Waals surface area contributed by atoms with Gasteiger partial charge in [0.15, 0.2) is 5.82 Å². The van der Waals surface area contributed by atoms with Gasteiger partial charge in [-0.25, -0.2) is 0 Å². The van der Waals surface area contributed by atoms with E-state index in [2.05, 4.69) is 41.6 Å². The van der Waals surface area contributed by atoms with Crippen LogP contribution in [0.15, 0.2) is 30.3 Å². The van der Waals surface area contributed by atoms with Crippen molar-refractivity contribution in [1.29, 1.82) is 0 Å². The molecule has 1 atom stereocenters. The summed E-state index contributed by atoms with van der Waals surface area (Å²) in [6.45, 7) is 7.59. The number of rotatable bonds is 2. The SMILES string of the molecule is CC(C)c1nnc2n1[C@@H](C)CN(C(=O)c1cc3ccccc3s1)C2. The Bertz CT molecular complexity index is 878. The number of carbonyl (C=O) groups excluding carboxylic acids is 1. The first-order valence-electron chi connectivity index (χ1n) is 8.26. The summed E-state index contributed by atoms with van der Waals surface area (Å²) < 4.78 is 3.34. The average molecular weight is 340 g/mol. The number of benzene rings is 1. The second-order valence-electron chi connectivity index (χ2n) is 6.68. The van der Waals surface area contributed by atoms with Crippen LogP contribution >= 0.6 is 11.3 Å². The van der Waals surface area contributed by atoms with Crippen LogP contribution in [0.5, 0.6) is 0 Å². The summed E-state index contributed by atoms with van der Waals surface area (Å²) in [5.74, 6) is 2.31. The highest BCUT2D eigenvalue weighted by atomic mass is 32.1. The molecule has 5 nitrogen and oxygen atoms in total. The number of hydrogen-bond acceptors (Lipinski definition) is 4. The summed E-state index contributed by atoms with van der Waals surface area (Å²) >= 11 is 1.56. The topological polar surface area (TPSA) is 51.0 Å². The van der Waals surface area contributed by atoms with Crippen molar-refractivity contribution in [1.82, 2.24) is 19.7 Å². The standard InChI is InChI=1S/C18H20N4OS/c1-11(2)17-20-19-16-10-21(9-12(3)22(16)17)18(23)15-8-13-6-4-5-7-14(13)24-15/h4-8,11-12H,9-10H2,1-3H3/t12-/m0/s1. The summed E-state index contributed by atoms with van der Waals surface area (Å²) in [5, 5.41) is 9.77. The lowest BCUT2D eigenvalue weighted by Gasteiger charge is -2.32. The Morgan fingerprint density at radius 1 is 1.29 bits per heavy atom. The molecule has 0 unspecified atom stereocenters. The molecule has 1 amide bonds. The van der Waals surface area contributed by atoms with E-state index in [-0.39, 0.29) is 11.9 Å². The minimum absolute atomic E-state index is 0.0865. The van der Waals surface area contributed by atoms with Gasteiger partial charge in [0.05, 0.1) is 17.5 Å². The van der Waals surface area contributed by atoms with Gasteiger partial charge in [-0.15, -0.1) is 21.5 Å². The lowest BCUT2D eigenvalue weighted by molar-refractivity contribution is 0.0684. The Labute approximate surface area is 144 Å². The van der Waals surface area contributed by atoms with E-state index in [4.69, 9.17) is 0 Å². The maximum atomic E-state index is 12.9. The molecule has 1 aromatic carbocycles. The van der Waals surface area contributed by atoms with Gasteiger partial charge in [0.25, 0.3) is 5.91 Å². The normalized spacial score (nSPS) is 17.5. The van der Waals surface area contributed by atoms with Crippen LogP contribution in [0.1, 0.15) is 54.1 Å². The van der Waals surface area contributed by atoms with Gasteiger partial charge in [-0.1, -0.05) is 32.0 Å². The molecule has 3 heterocycles. The van der Waals surface area contributed by atoms with Crippen LogP contribution in [-0.4, -0.2) is 32.1 Å². The van der Waals surface area contributed by atoms with E-state index in [9.17, 15) is 4.79 Å². The van der Waals surface area contributed by atoms with Gasteiger partial charge in [0, 0.05) is 17.2 Å². The summed E-state index contributed by atoms with van der Waals surface area (Å²) in [6, 6.07) is 10.3. The zero-order chi connectivity index (χ0) is 16.8. The molecule has 24 heavy (non-hydrogen) atoms. The molecular formula is C18H20N4OS. The molecule has 0 bridgehead atoms. The lowest BCUT2D eigenvalue weighted by atomic mass is 10.1. The highest BCUT2D eigenvalue weighted by Gasteiger charge is 2.30. The third-order valence-electron chi connectivity index (χ3n) is 4.49. The summed E-state index contributed by atoms with van der Waals surface area (Å²) in [6.07, 6.45) is 0. The van der Waals surface area contributed by atoms with Gasteiger partial charge in [0.1, 0.15) is 5.82 Å². The highest BCUT2D eigenvalue weighted by molar-refractivity contribution is 7.20. The van der Waals surface area contributed by atoms with Crippen molar-refractivity contribution in [3.63, 3.8) is 0 Å². The molecule has 0 saturated carbocycles. The zero-order valence-electron chi connectivity index (χ0n) is 14.1. The van der Waals surface area contributed by atoms with Gasteiger partial charge in [-0.2, -0.15) is 0 Å². The van der Waals surface area contributed by atoms with Crippen molar-refractivity contribution in [3.8, 4) is 0 Å². The summed E-state index contributed by atoms with van der Waals surface area (Å²) in [4.78, 5) is 15.6. The number of amides is 1. The van der Waals surface area contributed by atoms with Gasteiger partial charge < -0.3 is 9.47 Å². The van der Waals surface area contributed by atoms with Crippen molar-refractivity contribution < 1.29 is 4.79 Å². The fourth-order valence-corrected chi connectivity index (χ4v) is 4.38. The predicted octanol–water partition coefficient (Wildman–Crippen LogP) is 3.83. The quantitative estimate of drug-likeness (QED) is 0.712. The molecule has 124 valence electrons. The molecule has 6 heteroatoms. The number of nitrogens with zero attached hydrogens (tertiary/aromatic N) is 4. The minimum Gasteiger partial charge on any atom is -0.328 e. The van der Waals surface area contributed by atoms with E-state index in [0.717, 1.165) is 26.6 Å². The third kappa shape index (κ3) is 2.41. The van der Waals surface area contributed by atoms with Gasteiger partial charge in [-0.3, -0.25) is 4.79 Å². The Hall–Kier alpha value is -2.21. The van der Waals surface area contributed by atoms with Crippen LogP contribution in [-0.2, 0) is 6.54 Å².